The Morgan fingerprint density at radius 2 is 1.80 bits per heavy atom. The zero-order valence-corrected chi connectivity index (χ0v) is 13.3. The smallest absolute Gasteiger partial charge is 0.162 e. The summed E-state index contributed by atoms with van der Waals surface area (Å²) in [4.78, 5) is 0. The molecule has 0 saturated carbocycles. The van der Waals surface area contributed by atoms with Gasteiger partial charge >= 0.3 is 0 Å². The maximum Gasteiger partial charge on any atom is 0.162 e. The number of halogens is 2. The maximum atomic E-state index is 9.59. The molecule has 6 heteroatoms. The number of nitrogens with zero attached hydrogens (tertiary/aromatic N) is 1. The third-order valence-corrected chi connectivity index (χ3v) is 5.00. The number of phenols is 1. The number of hydrogen-bond acceptors (Lipinski definition) is 3. The summed E-state index contributed by atoms with van der Waals surface area (Å²) in [6.07, 6.45) is 0. The first-order chi connectivity index (χ1) is 9.56. The summed E-state index contributed by atoms with van der Waals surface area (Å²) in [7, 11) is 0. The molecule has 0 bridgehead atoms. The van der Waals surface area contributed by atoms with Crippen molar-refractivity contribution >= 4 is 57.0 Å². The number of aromatic nitrogens is 1. The van der Waals surface area contributed by atoms with E-state index in [-0.39, 0.29) is 15.8 Å². The Hall–Kier alpha value is -1.07. The van der Waals surface area contributed by atoms with Gasteiger partial charge < -0.3 is 9.67 Å². The Labute approximate surface area is 134 Å². The van der Waals surface area contributed by atoms with E-state index < -0.39 is 0 Å². The van der Waals surface area contributed by atoms with Gasteiger partial charge in [0.15, 0.2) is 9.70 Å². The summed E-state index contributed by atoms with van der Waals surface area (Å²) in [5, 5.41) is 10.1. The van der Waals surface area contributed by atoms with Crippen molar-refractivity contribution in [1.29, 1.82) is 0 Å². The second-order valence-electron chi connectivity index (χ2n) is 4.33. The molecule has 0 spiro atoms. The Balaban J connectivity index is 2.10. The largest absolute Gasteiger partial charge is 0.505 e. The van der Waals surface area contributed by atoms with Crippen molar-refractivity contribution < 1.29 is 5.11 Å². The lowest BCUT2D eigenvalue weighted by Crippen LogP contribution is -1.99. The van der Waals surface area contributed by atoms with Crippen LogP contribution in [-0.4, -0.2) is 9.67 Å². The molecular formula is C14H9Cl2NOS2. The number of aromatic hydroxyl groups is 1. The minimum absolute atomic E-state index is 0.0872. The first-order valence-electron chi connectivity index (χ1n) is 5.81. The van der Waals surface area contributed by atoms with E-state index in [0.717, 1.165) is 19.7 Å². The number of thiazole rings is 1. The maximum absolute atomic E-state index is 9.59. The van der Waals surface area contributed by atoms with E-state index in [4.69, 9.17) is 35.4 Å². The van der Waals surface area contributed by atoms with Crippen LogP contribution in [0.2, 0.25) is 10.0 Å². The predicted molar refractivity (Wildman–Crippen MR) is 87.9 cm³/mol. The van der Waals surface area contributed by atoms with Crippen molar-refractivity contribution in [1.82, 2.24) is 4.57 Å². The molecule has 102 valence electrons. The van der Waals surface area contributed by atoms with E-state index >= 15 is 0 Å². The zero-order valence-electron chi connectivity index (χ0n) is 10.1. The van der Waals surface area contributed by atoms with E-state index in [1.807, 2.05) is 28.8 Å². The summed E-state index contributed by atoms with van der Waals surface area (Å²) < 4.78 is 3.98. The fraction of sp³-hybridized carbons (Fsp3) is 0.0714. The van der Waals surface area contributed by atoms with Gasteiger partial charge in [-0.1, -0.05) is 35.3 Å². The van der Waals surface area contributed by atoms with Gasteiger partial charge in [0.1, 0.15) is 0 Å². The standard InChI is InChI=1S/C14H9Cl2NOS2/c15-9-5-8(6-10(16)13(9)18)7-17-11-3-1-2-4-12(11)20-14(17)19/h1-6,18H,7H2. The molecule has 0 aliphatic rings. The molecule has 0 unspecified atom stereocenters. The molecule has 1 aromatic heterocycles. The summed E-state index contributed by atoms with van der Waals surface area (Å²) in [6.45, 7) is 0.572. The monoisotopic (exact) mass is 341 g/mol. The molecule has 0 saturated heterocycles. The van der Waals surface area contributed by atoms with Crippen LogP contribution in [0, 0.1) is 3.95 Å². The van der Waals surface area contributed by atoms with Crippen molar-refractivity contribution in [3.8, 4) is 5.75 Å². The normalized spacial score (nSPS) is 11.1. The van der Waals surface area contributed by atoms with Gasteiger partial charge in [-0.05, 0) is 42.0 Å². The number of fused-ring (bicyclic) bond motifs is 1. The van der Waals surface area contributed by atoms with Gasteiger partial charge in [-0.15, -0.1) is 11.3 Å². The van der Waals surface area contributed by atoms with Crippen LogP contribution in [-0.2, 0) is 6.54 Å². The minimum atomic E-state index is -0.0872. The second kappa shape index (κ2) is 5.37. The van der Waals surface area contributed by atoms with Crippen LogP contribution in [0.4, 0.5) is 0 Å². The van der Waals surface area contributed by atoms with Gasteiger partial charge in [-0.2, -0.15) is 0 Å². The van der Waals surface area contributed by atoms with Crippen molar-refractivity contribution in [3.05, 3.63) is 56.0 Å². The lowest BCUT2D eigenvalue weighted by atomic mass is 10.2. The van der Waals surface area contributed by atoms with Crippen molar-refractivity contribution in [2.75, 3.05) is 0 Å². The molecule has 0 aliphatic heterocycles. The Kier molecular flexibility index (Phi) is 3.73. The van der Waals surface area contributed by atoms with E-state index in [2.05, 4.69) is 0 Å². The van der Waals surface area contributed by atoms with E-state index in [9.17, 15) is 5.11 Å². The molecule has 0 amide bonds. The quantitative estimate of drug-likeness (QED) is 0.623. The number of benzene rings is 2. The predicted octanol–water partition coefficient (Wildman–Crippen LogP) is 5.49. The third kappa shape index (κ3) is 2.44. The van der Waals surface area contributed by atoms with Crippen molar-refractivity contribution in [3.63, 3.8) is 0 Å². The highest BCUT2D eigenvalue weighted by Gasteiger charge is 2.09. The van der Waals surface area contributed by atoms with Gasteiger partial charge in [0.25, 0.3) is 0 Å². The molecule has 1 N–H and O–H groups in total. The van der Waals surface area contributed by atoms with E-state index in [1.54, 1.807) is 23.5 Å². The van der Waals surface area contributed by atoms with Gasteiger partial charge in [0.05, 0.1) is 20.3 Å². The van der Waals surface area contributed by atoms with Crippen LogP contribution in [0.1, 0.15) is 5.56 Å². The third-order valence-electron chi connectivity index (χ3n) is 2.99. The lowest BCUT2D eigenvalue weighted by molar-refractivity contribution is 0.475. The van der Waals surface area contributed by atoms with E-state index in [1.165, 1.54) is 0 Å². The number of para-hydroxylation sites is 1. The van der Waals surface area contributed by atoms with Gasteiger partial charge in [0.2, 0.25) is 0 Å². The summed E-state index contributed by atoms with van der Waals surface area (Å²) >= 11 is 18.9. The molecule has 1 heterocycles. The zero-order chi connectivity index (χ0) is 14.3. The summed E-state index contributed by atoms with van der Waals surface area (Å²) in [5.74, 6) is -0.0872. The molecule has 20 heavy (non-hydrogen) atoms. The molecule has 2 nitrogen and oxygen atoms in total. The van der Waals surface area contributed by atoms with Crippen molar-refractivity contribution in [2.24, 2.45) is 0 Å². The lowest BCUT2D eigenvalue weighted by Gasteiger charge is -2.08. The molecule has 0 aliphatic carbocycles. The van der Waals surface area contributed by atoms with Crippen LogP contribution in [0.3, 0.4) is 0 Å². The highest BCUT2D eigenvalue weighted by molar-refractivity contribution is 7.73. The molecular weight excluding hydrogens is 333 g/mol. The van der Waals surface area contributed by atoms with Gasteiger partial charge in [-0.25, -0.2) is 0 Å². The topological polar surface area (TPSA) is 25.2 Å². The second-order valence-corrected chi connectivity index (χ2v) is 6.82. The highest BCUT2D eigenvalue weighted by Crippen LogP contribution is 2.33. The minimum Gasteiger partial charge on any atom is -0.505 e. The molecule has 0 atom stereocenters. The molecule has 3 aromatic rings. The average molecular weight is 342 g/mol. The Morgan fingerprint density at radius 1 is 1.15 bits per heavy atom. The Bertz CT molecular complexity index is 831. The van der Waals surface area contributed by atoms with Crippen LogP contribution < -0.4 is 0 Å². The number of hydrogen-bond donors (Lipinski definition) is 1. The Morgan fingerprint density at radius 3 is 2.50 bits per heavy atom. The van der Waals surface area contributed by atoms with E-state index in [0.29, 0.717) is 6.54 Å². The molecule has 3 rings (SSSR count). The van der Waals surface area contributed by atoms with Crippen molar-refractivity contribution in [2.45, 2.75) is 6.54 Å². The molecule has 2 aromatic carbocycles. The van der Waals surface area contributed by atoms with Crippen LogP contribution in [0.25, 0.3) is 10.2 Å². The first kappa shape index (κ1) is 13.9. The van der Waals surface area contributed by atoms with Crippen LogP contribution in [0.5, 0.6) is 5.75 Å². The summed E-state index contributed by atoms with van der Waals surface area (Å²) in [6, 6.07) is 11.5. The van der Waals surface area contributed by atoms with Crippen LogP contribution >= 0.6 is 46.8 Å². The fourth-order valence-electron chi connectivity index (χ4n) is 2.06. The van der Waals surface area contributed by atoms with Gasteiger partial charge in [-0.3, -0.25) is 0 Å². The molecule has 0 radical (unpaired) electrons. The highest BCUT2D eigenvalue weighted by atomic mass is 35.5. The average Bonchev–Trinajstić information content (AvgIpc) is 2.73. The molecule has 0 fully saturated rings. The fourth-order valence-corrected chi connectivity index (χ4v) is 3.91. The van der Waals surface area contributed by atoms with Crippen LogP contribution in [0.15, 0.2) is 36.4 Å². The number of rotatable bonds is 2. The number of phenolic OH excluding ortho intramolecular Hbond substituents is 1. The summed E-state index contributed by atoms with van der Waals surface area (Å²) in [5.41, 5.74) is 1.99. The first-order valence-corrected chi connectivity index (χ1v) is 7.79. The SMILES string of the molecule is Oc1c(Cl)cc(Cn2c(=S)sc3ccccc32)cc1Cl. The van der Waals surface area contributed by atoms with Gasteiger partial charge in [0, 0.05) is 6.54 Å².